The highest BCUT2D eigenvalue weighted by Gasteiger charge is 2.32. The number of carbonyl (C=O) groups excluding carboxylic acids is 2. The SMILES string of the molecule is CC/C(=C/C(=O)O)C(=O)OCCCC(=O)O[Si](CC)(CC)CC. The minimum Gasteiger partial charge on any atom is -0.519 e. The van der Waals surface area contributed by atoms with Crippen LogP contribution in [0.4, 0.5) is 0 Å². The second-order valence-corrected chi connectivity index (χ2v) is 10.0. The summed E-state index contributed by atoms with van der Waals surface area (Å²) in [5.41, 5.74) is 0.106. The lowest BCUT2D eigenvalue weighted by Gasteiger charge is -2.27. The van der Waals surface area contributed by atoms with E-state index in [9.17, 15) is 14.4 Å². The van der Waals surface area contributed by atoms with Gasteiger partial charge >= 0.3 is 11.9 Å². The normalized spacial score (nSPS) is 11.9. The van der Waals surface area contributed by atoms with E-state index < -0.39 is 20.3 Å². The fraction of sp³-hybridized carbons (Fsp3) is 0.688. The van der Waals surface area contributed by atoms with Crippen molar-refractivity contribution in [3.8, 4) is 0 Å². The maximum Gasteiger partial charge on any atom is 0.334 e. The van der Waals surface area contributed by atoms with E-state index in [0.29, 0.717) is 6.42 Å². The van der Waals surface area contributed by atoms with E-state index in [1.54, 1.807) is 6.92 Å². The van der Waals surface area contributed by atoms with Crippen LogP contribution in [0.5, 0.6) is 0 Å². The summed E-state index contributed by atoms with van der Waals surface area (Å²) in [6.45, 7) is 7.90. The van der Waals surface area contributed by atoms with Crippen molar-refractivity contribution in [1.29, 1.82) is 0 Å². The Hall–Kier alpha value is -1.63. The third kappa shape index (κ3) is 7.97. The Labute approximate surface area is 139 Å². The topological polar surface area (TPSA) is 89.9 Å². The molecule has 23 heavy (non-hydrogen) atoms. The van der Waals surface area contributed by atoms with Crippen LogP contribution < -0.4 is 0 Å². The molecular weight excluding hydrogens is 316 g/mol. The van der Waals surface area contributed by atoms with Crippen LogP contribution in [0.15, 0.2) is 11.6 Å². The summed E-state index contributed by atoms with van der Waals surface area (Å²) in [6.07, 6.45) is 1.70. The zero-order valence-corrected chi connectivity index (χ0v) is 15.5. The summed E-state index contributed by atoms with van der Waals surface area (Å²) < 4.78 is 10.7. The molecule has 0 atom stereocenters. The van der Waals surface area contributed by atoms with E-state index in [2.05, 4.69) is 20.8 Å². The first-order valence-electron chi connectivity index (χ1n) is 8.16. The molecule has 0 amide bonds. The van der Waals surface area contributed by atoms with Crippen molar-refractivity contribution in [2.45, 2.75) is 65.1 Å². The molecule has 0 bridgehead atoms. The summed E-state index contributed by atoms with van der Waals surface area (Å²) in [7, 11) is -1.94. The van der Waals surface area contributed by atoms with Gasteiger partial charge in [0.25, 0.3) is 14.3 Å². The van der Waals surface area contributed by atoms with Gasteiger partial charge in [-0.05, 0) is 31.0 Å². The first-order valence-corrected chi connectivity index (χ1v) is 10.7. The Morgan fingerprint density at radius 1 is 1.04 bits per heavy atom. The van der Waals surface area contributed by atoms with Crippen LogP contribution in [0.2, 0.25) is 18.1 Å². The van der Waals surface area contributed by atoms with E-state index >= 15 is 0 Å². The second-order valence-electron chi connectivity index (χ2n) is 5.32. The number of ether oxygens (including phenoxy) is 1. The standard InChI is InChI=1S/C16H28O6Si/c1-5-13(12-14(17)18)16(20)21-11-9-10-15(19)22-23(6-2,7-3)8-4/h12H,5-11H2,1-4H3,(H,17,18)/b13-12-. The highest BCUT2D eigenvalue weighted by molar-refractivity contribution is 6.74. The van der Waals surface area contributed by atoms with Gasteiger partial charge in [0.2, 0.25) is 0 Å². The average Bonchev–Trinajstić information content (AvgIpc) is 2.54. The molecule has 0 aliphatic heterocycles. The first kappa shape index (κ1) is 21.4. The van der Waals surface area contributed by atoms with Gasteiger partial charge in [-0.25, -0.2) is 9.59 Å². The van der Waals surface area contributed by atoms with Gasteiger partial charge in [0.1, 0.15) is 0 Å². The Kier molecular flexibility index (Phi) is 10.2. The smallest absolute Gasteiger partial charge is 0.334 e. The molecule has 0 aromatic heterocycles. The van der Waals surface area contributed by atoms with Crippen LogP contribution in [0.1, 0.15) is 47.0 Å². The van der Waals surface area contributed by atoms with Crippen LogP contribution in [0.3, 0.4) is 0 Å². The largest absolute Gasteiger partial charge is 0.519 e. The number of carbonyl (C=O) groups is 3. The van der Waals surface area contributed by atoms with E-state index in [4.69, 9.17) is 14.3 Å². The number of esters is 1. The number of hydrogen-bond acceptors (Lipinski definition) is 5. The molecule has 0 fully saturated rings. The predicted molar refractivity (Wildman–Crippen MR) is 89.5 cm³/mol. The van der Waals surface area contributed by atoms with Crippen molar-refractivity contribution in [3.63, 3.8) is 0 Å². The van der Waals surface area contributed by atoms with E-state index in [0.717, 1.165) is 24.2 Å². The molecule has 0 spiro atoms. The van der Waals surface area contributed by atoms with Crippen LogP contribution in [-0.4, -0.2) is 37.9 Å². The maximum absolute atomic E-state index is 11.9. The second kappa shape index (κ2) is 11.0. The van der Waals surface area contributed by atoms with Gasteiger partial charge < -0.3 is 14.3 Å². The first-order chi connectivity index (χ1) is 10.8. The Morgan fingerprint density at radius 3 is 2.04 bits per heavy atom. The molecule has 7 heteroatoms. The zero-order chi connectivity index (χ0) is 17.9. The minimum atomic E-state index is -1.94. The van der Waals surface area contributed by atoms with Gasteiger partial charge in [-0.2, -0.15) is 0 Å². The van der Waals surface area contributed by atoms with Crippen molar-refractivity contribution in [2.75, 3.05) is 6.61 Å². The lowest BCUT2D eigenvalue weighted by Crippen LogP contribution is -2.38. The molecule has 6 nitrogen and oxygen atoms in total. The average molecular weight is 344 g/mol. The fourth-order valence-corrected chi connectivity index (χ4v) is 4.71. The molecular formula is C16H28O6Si. The van der Waals surface area contributed by atoms with Crippen LogP contribution in [0, 0.1) is 0 Å². The molecule has 0 saturated carbocycles. The number of carboxylic acid groups (broad SMARTS) is 1. The Bertz CT molecular complexity index is 432. The minimum absolute atomic E-state index is 0.0732. The van der Waals surface area contributed by atoms with Gasteiger partial charge in [0.15, 0.2) is 0 Å². The Morgan fingerprint density at radius 2 is 1.61 bits per heavy atom. The van der Waals surface area contributed by atoms with Crippen molar-refractivity contribution in [1.82, 2.24) is 0 Å². The van der Waals surface area contributed by atoms with Crippen LogP contribution >= 0.6 is 0 Å². The van der Waals surface area contributed by atoms with Gasteiger partial charge in [0.05, 0.1) is 6.61 Å². The highest BCUT2D eigenvalue weighted by Crippen LogP contribution is 2.22. The lowest BCUT2D eigenvalue weighted by molar-refractivity contribution is -0.142. The zero-order valence-electron chi connectivity index (χ0n) is 14.5. The van der Waals surface area contributed by atoms with Crippen LogP contribution in [0.25, 0.3) is 0 Å². The summed E-state index contributed by atoms with van der Waals surface area (Å²) in [4.78, 5) is 34.1. The molecule has 1 N–H and O–H groups in total. The quantitative estimate of drug-likeness (QED) is 0.268. The summed E-state index contributed by atoms with van der Waals surface area (Å²) in [5.74, 6) is -2.07. The molecule has 0 aliphatic rings. The number of carboxylic acids is 1. The van der Waals surface area contributed by atoms with Crippen molar-refractivity contribution in [3.05, 3.63) is 11.6 Å². The maximum atomic E-state index is 11.9. The van der Waals surface area contributed by atoms with Crippen molar-refractivity contribution < 1.29 is 28.7 Å². The number of hydrogen-bond donors (Lipinski definition) is 1. The lowest BCUT2D eigenvalue weighted by atomic mass is 10.2. The number of aliphatic carboxylic acids is 1. The summed E-state index contributed by atoms with van der Waals surface area (Å²) >= 11 is 0. The van der Waals surface area contributed by atoms with Gasteiger partial charge in [-0.1, -0.05) is 27.7 Å². The monoisotopic (exact) mass is 344 g/mol. The molecule has 0 unspecified atom stereocenters. The third-order valence-corrected chi connectivity index (χ3v) is 8.49. The highest BCUT2D eigenvalue weighted by atomic mass is 28.4. The molecule has 132 valence electrons. The molecule has 0 heterocycles. The fourth-order valence-electron chi connectivity index (χ4n) is 2.19. The molecule has 0 aromatic carbocycles. The van der Waals surface area contributed by atoms with Crippen molar-refractivity contribution >= 4 is 26.2 Å². The van der Waals surface area contributed by atoms with Gasteiger partial charge in [-0.3, -0.25) is 4.79 Å². The number of rotatable bonds is 11. The van der Waals surface area contributed by atoms with Gasteiger partial charge in [0, 0.05) is 18.1 Å². The molecule has 0 aliphatic carbocycles. The Balaban J connectivity index is 4.24. The summed E-state index contributed by atoms with van der Waals surface area (Å²) in [5, 5.41) is 8.64. The molecule has 0 radical (unpaired) electrons. The van der Waals surface area contributed by atoms with E-state index in [-0.39, 0.29) is 31.0 Å². The van der Waals surface area contributed by atoms with Gasteiger partial charge in [-0.15, -0.1) is 0 Å². The summed E-state index contributed by atoms with van der Waals surface area (Å²) in [6, 6.07) is 2.71. The predicted octanol–water partition coefficient (Wildman–Crippen LogP) is 3.28. The van der Waals surface area contributed by atoms with Crippen molar-refractivity contribution in [2.24, 2.45) is 0 Å². The molecule has 0 aromatic rings. The van der Waals surface area contributed by atoms with Crippen LogP contribution in [-0.2, 0) is 23.5 Å². The molecule has 0 saturated heterocycles. The van der Waals surface area contributed by atoms with E-state index in [1.807, 2.05) is 0 Å². The third-order valence-electron chi connectivity index (χ3n) is 3.96. The molecule has 0 rings (SSSR count). The van der Waals surface area contributed by atoms with E-state index in [1.165, 1.54) is 0 Å².